The van der Waals surface area contributed by atoms with Crippen LogP contribution < -0.4 is 11.1 Å². The molecule has 3 rings (SSSR count). The maximum absolute atomic E-state index is 13.2. The van der Waals surface area contributed by atoms with Crippen molar-refractivity contribution in [2.75, 3.05) is 32.9 Å². The summed E-state index contributed by atoms with van der Waals surface area (Å²) in [7, 11) is 3.98. The molecule has 2 amide bonds. The number of hydrogen-bond donors (Lipinski definition) is 2. The number of amides is 2. The smallest absolute Gasteiger partial charge is 0.254 e. The highest BCUT2D eigenvalue weighted by Crippen LogP contribution is 2.37. The van der Waals surface area contributed by atoms with E-state index in [1.165, 1.54) is 0 Å². The van der Waals surface area contributed by atoms with Crippen molar-refractivity contribution in [2.45, 2.75) is 50.6 Å². The SMILES string of the molecule is CN(C)CCNC(=O)C1CCC(N(C(=O)c2cc(Cl)c(N)c(Cl)c2)C2CC2)CC1. The molecule has 0 radical (unpaired) electrons. The highest BCUT2D eigenvalue weighted by atomic mass is 35.5. The molecule has 2 aliphatic carbocycles. The predicted molar refractivity (Wildman–Crippen MR) is 117 cm³/mol. The van der Waals surface area contributed by atoms with Gasteiger partial charge in [-0.3, -0.25) is 9.59 Å². The lowest BCUT2D eigenvalue weighted by Gasteiger charge is -2.37. The summed E-state index contributed by atoms with van der Waals surface area (Å²) in [6, 6.07) is 3.62. The second-order valence-electron chi connectivity index (χ2n) is 8.40. The van der Waals surface area contributed by atoms with E-state index in [0.717, 1.165) is 45.1 Å². The zero-order chi connectivity index (χ0) is 21.1. The number of carbonyl (C=O) groups is 2. The van der Waals surface area contributed by atoms with Gasteiger partial charge >= 0.3 is 0 Å². The van der Waals surface area contributed by atoms with Crippen LogP contribution in [0.4, 0.5) is 5.69 Å². The minimum Gasteiger partial charge on any atom is -0.396 e. The number of nitrogen functional groups attached to an aromatic ring is 1. The molecule has 3 N–H and O–H groups in total. The van der Waals surface area contributed by atoms with Crippen molar-refractivity contribution in [1.82, 2.24) is 15.1 Å². The van der Waals surface area contributed by atoms with E-state index in [0.29, 0.717) is 27.8 Å². The van der Waals surface area contributed by atoms with E-state index < -0.39 is 0 Å². The number of nitrogens with zero attached hydrogens (tertiary/aromatic N) is 2. The summed E-state index contributed by atoms with van der Waals surface area (Å²) >= 11 is 12.3. The zero-order valence-electron chi connectivity index (χ0n) is 17.1. The van der Waals surface area contributed by atoms with E-state index in [1.807, 2.05) is 23.9 Å². The maximum Gasteiger partial charge on any atom is 0.254 e. The van der Waals surface area contributed by atoms with Crippen LogP contribution in [0.5, 0.6) is 0 Å². The molecule has 160 valence electrons. The van der Waals surface area contributed by atoms with Gasteiger partial charge in [0.25, 0.3) is 5.91 Å². The van der Waals surface area contributed by atoms with Crippen LogP contribution in [0.2, 0.25) is 10.0 Å². The number of nitrogens with one attached hydrogen (secondary N) is 1. The molecule has 6 nitrogen and oxygen atoms in total. The molecule has 0 atom stereocenters. The third-order valence-corrected chi connectivity index (χ3v) is 6.45. The first-order chi connectivity index (χ1) is 13.8. The van der Waals surface area contributed by atoms with Gasteiger partial charge in [-0.05, 0) is 64.8 Å². The molecule has 2 fully saturated rings. The summed E-state index contributed by atoms with van der Waals surface area (Å²) in [5.41, 5.74) is 6.58. The van der Waals surface area contributed by atoms with Gasteiger partial charge in [-0.25, -0.2) is 0 Å². The van der Waals surface area contributed by atoms with Crippen molar-refractivity contribution in [2.24, 2.45) is 5.92 Å². The fourth-order valence-corrected chi connectivity index (χ4v) is 4.49. The molecule has 0 aromatic heterocycles. The van der Waals surface area contributed by atoms with Gasteiger partial charge in [0.1, 0.15) is 0 Å². The van der Waals surface area contributed by atoms with Crippen LogP contribution in [-0.4, -0.2) is 60.9 Å². The lowest BCUT2D eigenvalue weighted by Crippen LogP contribution is -2.45. The zero-order valence-corrected chi connectivity index (χ0v) is 18.6. The Kier molecular flexibility index (Phi) is 7.30. The van der Waals surface area contributed by atoms with Crippen molar-refractivity contribution in [3.63, 3.8) is 0 Å². The number of benzene rings is 1. The first-order valence-corrected chi connectivity index (χ1v) is 11.0. The normalized spacial score (nSPS) is 21.8. The van der Waals surface area contributed by atoms with Crippen molar-refractivity contribution in [1.29, 1.82) is 0 Å². The van der Waals surface area contributed by atoms with Crippen LogP contribution in [0.15, 0.2) is 12.1 Å². The Morgan fingerprint density at radius 1 is 1.03 bits per heavy atom. The number of likely N-dealkylation sites (N-methyl/N-ethyl adjacent to an activating group) is 1. The Balaban J connectivity index is 1.62. The summed E-state index contributed by atoms with van der Waals surface area (Å²) in [5, 5.41) is 3.63. The van der Waals surface area contributed by atoms with E-state index in [2.05, 4.69) is 5.32 Å². The molecule has 0 unspecified atom stereocenters. The molecule has 2 saturated carbocycles. The first-order valence-electron chi connectivity index (χ1n) is 10.3. The lowest BCUT2D eigenvalue weighted by molar-refractivity contribution is -0.126. The van der Waals surface area contributed by atoms with Gasteiger partial charge in [0.2, 0.25) is 5.91 Å². The second-order valence-corrected chi connectivity index (χ2v) is 9.21. The lowest BCUT2D eigenvalue weighted by atomic mass is 9.84. The Labute approximate surface area is 182 Å². The monoisotopic (exact) mass is 440 g/mol. The quantitative estimate of drug-likeness (QED) is 0.636. The summed E-state index contributed by atoms with van der Waals surface area (Å²) in [5.74, 6) is 0.117. The standard InChI is InChI=1S/C21H30Cl2N4O2/c1-26(2)10-9-25-20(28)13-3-5-15(6-4-13)27(16-7-8-16)21(29)14-11-17(22)19(24)18(23)12-14/h11-13,15-16H,3-10,24H2,1-2H3,(H,25,28). The first kappa shape index (κ1) is 22.2. The topological polar surface area (TPSA) is 78.7 Å². The van der Waals surface area contributed by atoms with Crippen molar-refractivity contribution in [3.8, 4) is 0 Å². The molecule has 0 heterocycles. The molecule has 1 aromatic carbocycles. The minimum absolute atomic E-state index is 0.0324. The highest BCUT2D eigenvalue weighted by Gasteiger charge is 2.40. The van der Waals surface area contributed by atoms with Crippen LogP contribution in [0.25, 0.3) is 0 Å². The van der Waals surface area contributed by atoms with Crippen LogP contribution >= 0.6 is 23.2 Å². The average Bonchev–Trinajstić information content (AvgIpc) is 3.51. The number of carbonyl (C=O) groups excluding carboxylic acids is 2. The molecule has 0 bridgehead atoms. The molecule has 2 aliphatic rings. The predicted octanol–water partition coefficient (Wildman–Crippen LogP) is 3.42. The van der Waals surface area contributed by atoms with Crippen LogP contribution in [-0.2, 0) is 4.79 Å². The van der Waals surface area contributed by atoms with Crippen molar-refractivity contribution in [3.05, 3.63) is 27.7 Å². The Hall–Kier alpha value is -1.50. The third-order valence-electron chi connectivity index (χ3n) is 5.82. The van der Waals surface area contributed by atoms with Crippen molar-refractivity contribution >= 4 is 40.7 Å². The minimum atomic E-state index is -0.0461. The van der Waals surface area contributed by atoms with Crippen molar-refractivity contribution < 1.29 is 9.59 Å². The maximum atomic E-state index is 13.2. The van der Waals surface area contributed by atoms with Crippen LogP contribution in [0.3, 0.4) is 0 Å². The van der Waals surface area contributed by atoms with E-state index >= 15 is 0 Å². The molecular formula is C21H30Cl2N4O2. The molecule has 29 heavy (non-hydrogen) atoms. The van der Waals surface area contributed by atoms with Gasteiger partial charge in [-0.1, -0.05) is 23.2 Å². The van der Waals surface area contributed by atoms with Crippen LogP contribution in [0, 0.1) is 5.92 Å². The Morgan fingerprint density at radius 3 is 2.03 bits per heavy atom. The number of rotatable bonds is 7. The van der Waals surface area contributed by atoms with Gasteiger partial charge in [0.15, 0.2) is 0 Å². The summed E-state index contributed by atoms with van der Waals surface area (Å²) in [6.45, 7) is 1.49. The summed E-state index contributed by atoms with van der Waals surface area (Å²) in [6.07, 6.45) is 5.32. The Morgan fingerprint density at radius 2 is 1.55 bits per heavy atom. The van der Waals surface area contributed by atoms with Gasteiger partial charge in [0, 0.05) is 36.7 Å². The van der Waals surface area contributed by atoms with E-state index in [1.54, 1.807) is 12.1 Å². The van der Waals surface area contributed by atoms with Gasteiger partial charge in [-0.2, -0.15) is 0 Å². The van der Waals surface area contributed by atoms with Gasteiger partial charge in [-0.15, -0.1) is 0 Å². The van der Waals surface area contributed by atoms with E-state index in [-0.39, 0.29) is 29.8 Å². The van der Waals surface area contributed by atoms with Gasteiger partial charge in [0.05, 0.1) is 15.7 Å². The van der Waals surface area contributed by atoms with E-state index in [9.17, 15) is 9.59 Å². The average molecular weight is 441 g/mol. The molecule has 0 aliphatic heterocycles. The summed E-state index contributed by atoms with van der Waals surface area (Å²) < 4.78 is 0. The molecule has 0 saturated heterocycles. The largest absolute Gasteiger partial charge is 0.396 e. The molecule has 1 aromatic rings. The number of nitrogens with two attached hydrogens (primary N) is 1. The summed E-state index contributed by atoms with van der Waals surface area (Å²) in [4.78, 5) is 29.7. The third kappa shape index (κ3) is 5.56. The molecule has 8 heteroatoms. The number of hydrogen-bond acceptors (Lipinski definition) is 4. The Bertz CT molecular complexity index is 736. The fraction of sp³-hybridized carbons (Fsp3) is 0.619. The van der Waals surface area contributed by atoms with E-state index in [4.69, 9.17) is 28.9 Å². The fourth-order valence-electron chi connectivity index (χ4n) is 4.00. The highest BCUT2D eigenvalue weighted by molar-refractivity contribution is 6.39. The molecule has 0 spiro atoms. The number of halogens is 2. The number of anilines is 1. The molecular weight excluding hydrogens is 411 g/mol. The second kappa shape index (κ2) is 9.54. The van der Waals surface area contributed by atoms with Crippen LogP contribution in [0.1, 0.15) is 48.9 Å². The van der Waals surface area contributed by atoms with Gasteiger partial charge < -0.3 is 20.9 Å².